The molecular weight excluding hydrogens is 349 g/mol. The largest absolute Gasteiger partial charge is 0.484 e. The second-order valence-electron chi connectivity index (χ2n) is 6.56. The highest BCUT2D eigenvalue weighted by molar-refractivity contribution is 5.83. The van der Waals surface area contributed by atoms with Gasteiger partial charge in [0.25, 0.3) is 5.56 Å². The molecule has 1 aliphatic heterocycles. The van der Waals surface area contributed by atoms with E-state index in [-0.39, 0.29) is 29.9 Å². The number of hydrogen-bond donors (Lipinski definition) is 0. The maximum absolute atomic E-state index is 13.6. The zero-order valence-electron chi connectivity index (χ0n) is 14.8. The van der Waals surface area contributed by atoms with E-state index in [9.17, 15) is 14.0 Å². The van der Waals surface area contributed by atoms with Crippen molar-refractivity contribution in [2.45, 2.75) is 19.6 Å². The van der Waals surface area contributed by atoms with E-state index in [4.69, 9.17) is 4.74 Å². The van der Waals surface area contributed by atoms with Gasteiger partial charge in [0.15, 0.2) is 11.6 Å². The molecule has 0 spiro atoms. The fourth-order valence-corrected chi connectivity index (χ4v) is 3.18. The van der Waals surface area contributed by atoms with Crippen molar-refractivity contribution in [2.75, 3.05) is 13.1 Å². The Morgan fingerprint density at radius 1 is 1.15 bits per heavy atom. The minimum atomic E-state index is -0.426. The van der Waals surface area contributed by atoms with Gasteiger partial charge < -0.3 is 9.64 Å². The lowest BCUT2D eigenvalue weighted by Gasteiger charge is -2.39. The first-order valence-corrected chi connectivity index (χ1v) is 8.68. The number of benzene rings is 2. The molecule has 0 aliphatic carbocycles. The van der Waals surface area contributed by atoms with E-state index in [1.165, 1.54) is 10.7 Å². The number of aryl methyl sites for hydroxylation is 1. The van der Waals surface area contributed by atoms with Crippen molar-refractivity contribution in [1.82, 2.24) is 14.7 Å². The SMILES string of the molecule is Cc1nn(CC(=O)N2CC(Oc3ccccc3F)C2)c(=O)c2ccccc12. The number of aromatic nitrogens is 2. The first-order chi connectivity index (χ1) is 13.0. The van der Waals surface area contributed by atoms with Gasteiger partial charge >= 0.3 is 0 Å². The smallest absolute Gasteiger partial charge is 0.275 e. The van der Waals surface area contributed by atoms with Crippen LogP contribution in [0.15, 0.2) is 53.3 Å². The van der Waals surface area contributed by atoms with E-state index >= 15 is 0 Å². The van der Waals surface area contributed by atoms with Crippen LogP contribution < -0.4 is 10.3 Å². The molecule has 6 nitrogen and oxygen atoms in total. The monoisotopic (exact) mass is 367 g/mol. The van der Waals surface area contributed by atoms with E-state index in [0.717, 1.165) is 5.39 Å². The number of amides is 1. The van der Waals surface area contributed by atoms with Crippen LogP contribution in [0.1, 0.15) is 5.69 Å². The average Bonchev–Trinajstić information content (AvgIpc) is 2.63. The van der Waals surface area contributed by atoms with E-state index in [0.29, 0.717) is 24.2 Å². The Hall–Kier alpha value is -3.22. The van der Waals surface area contributed by atoms with Gasteiger partial charge in [-0.3, -0.25) is 9.59 Å². The molecule has 1 fully saturated rings. The third kappa shape index (κ3) is 3.28. The number of para-hydroxylation sites is 1. The summed E-state index contributed by atoms with van der Waals surface area (Å²) in [4.78, 5) is 26.6. The third-order valence-electron chi connectivity index (χ3n) is 4.67. The maximum atomic E-state index is 13.6. The average molecular weight is 367 g/mol. The lowest BCUT2D eigenvalue weighted by Crippen LogP contribution is -2.57. The Balaban J connectivity index is 1.42. The minimum absolute atomic E-state index is 0.128. The quantitative estimate of drug-likeness (QED) is 0.709. The van der Waals surface area contributed by atoms with Crippen LogP contribution in [0.5, 0.6) is 5.75 Å². The molecule has 4 rings (SSSR count). The van der Waals surface area contributed by atoms with Crippen molar-refractivity contribution in [2.24, 2.45) is 0 Å². The summed E-state index contributed by atoms with van der Waals surface area (Å²) in [6.07, 6.45) is -0.256. The molecule has 1 amide bonds. The fourth-order valence-electron chi connectivity index (χ4n) is 3.18. The molecule has 0 saturated carbocycles. The van der Waals surface area contributed by atoms with E-state index in [1.807, 2.05) is 19.1 Å². The van der Waals surface area contributed by atoms with Crippen LogP contribution in [0, 0.1) is 12.7 Å². The number of carbonyl (C=O) groups is 1. The number of fused-ring (bicyclic) bond motifs is 1. The van der Waals surface area contributed by atoms with Crippen LogP contribution >= 0.6 is 0 Å². The van der Waals surface area contributed by atoms with Crippen LogP contribution in [0.4, 0.5) is 4.39 Å². The zero-order valence-corrected chi connectivity index (χ0v) is 14.8. The molecule has 0 unspecified atom stereocenters. The molecule has 2 aromatic carbocycles. The predicted molar refractivity (Wildman–Crippen MR) is 98.1 cm³/mol. The Morgan fingerprint density at radius 3 is 2.56 bits per heavy atom. The second kappa shape index (κ2) is 6.83. The molecule has 1 saturated heterocycles. The molecule has 0 radical (unpaired) electrons. The number of rotatable bonds is 4. The van der Waals surface area contributed by atoms with Crippen molar-refractivity contribution < 1.29 is 13.9 Å². The maximum Gasteiger partial charge on any atom is 0.275 e. The van der Waals surface area contributed by atoms with Gasteiger partial charge in [-0.1, -0.05) is 30.3 Å². The Kier molecular flexibility index (Phi) is 4.35. The predicted octanol–water partition coefficient (Wildman–Crippen LogP) is 2.13. The van der Waals surface area contributed by atoms with Crippen molar-refractivity contribution in [1.29, 1.82) is 0 Å². The fraction of sp³-hybridized carbons (Fsp3) is 0.250. The van der Waals surface area contributed by atoms with Gasteiger partial charge in [0.1, 0.15) is 12.6 Å². The molecular formula is C20H18FN3O3. The summed E-state index contributed by atoms with van der Waals surface area (Å²) in [6.45, 7) is 2.39. The number of hydrogen-bond acceptors (Lipinski definition) is 4. The van der Waals surface area contributed by atoms with Crippen molar-refractivity contribution in [3.8, 4) is 5.75 Å². The summed E-state index contributed by atoms with van der Waals surface area (Å²) in [6, 6.07) is 13.4. The van der Waals surface area contributed by atoms with Gasteiger partial charge in [0, 0.05) is 5.39 Å². The molecule has 27 heavy (non-hydrogen) atoms. The van der Waals surface area contributed by atoms with Gasteiger partial charge in [-0.05, 0) is 25.1 Å². The molecule has 1 aliphatic rings. The zero-order chi connectivity index (χ0) is 19.0. The van der Waals surface area contributed by atoms with Crippen LogP contribution in [0.25, 0.3) is 10.8 Å². The highest BCUT2D eigenvalue weighted by atomic mass is 19.1. The minimum Gasteiger partial charge on any atom is -0.484 e. The topological polar surface area (TPSA) is 64.4 Å². The van der Waals surface area contributed by atoms with E-state index in [1.54, 1.807) is 35.2 Å². The summed E-state index contributed by atoms with van der Waals surface area (Å²) >= 11 is 0. The van der Waals surface area contributed by atoms with Crippen LogP contribution in [0.2, 0.25) is 0 Å². The summed E-state index contributed by atoms with van der Waals surface area (Å²) in [5.74, 6) is -0.463. The first-order valence-electron chi connectivity index (χ1n) is 8.68. The number of ether oxygens (including phenoxy) is 1. The highest BCUT2D eigenvalue weighted by Gasteiger charge is 2.33. The van der Waals surface area contributed by atoms with Crippen molar-refractivity contribution in [3.63, 3.8) is 0 Å². The standard InChI is InChI=1S/C20H18FN3O3/c1-13-15-6-2-3-7-16(15)20(26)24(22-13)12-19(25)23-10-14(11-23)27-18-9-5-4-8-17(18)21/h2-9,14H,10-12H2,1H3. The molecule has 0 N–H and O–H groups in total. The van der Waals surface area contributed by atoms with Crippen molar-refractivity contribution in [3.05, 3.63) is 70.4 Å². The van der Waals surface area contributed by atoms with Gasteiger partial charge in [0.05, 0.1) is 24.2 Å². The molecule has 1 aromatic heterocycles. The molecule has 0 bridgehead atoms. The van der Waals surface area contributed by atoms with E-state index < -0.39 is 5.82 Å². The summed E-state index contributed by atoms with van der Waals surface area (Å²) in [7, 11) is 0. The van der Waals surface area contributed by atoms with Crippen LogP contribution in [0.3, 0.4) is 0 Å². The van der Waals surface area contributed by atoms with E-state index in [2.05, 4.69) is 5.10 Å². The Morgan fingerprint density at radius 2 is 1.81 bits per heavy atom. The lowest BCUT2D eigenvalue weighted by molar-refractivity contribution is -0.141. The van der Waals surface area contributed by atoms with Gasteiger partial charge in [-0.25, -0.2) is 9.07 Å². The third-order valence-corrected chi connectivity index (χ3v) is 4.67. The van der Waals surface area contributed by atoms with Crippen molar-refractivity contribution >= 4 is 16.7 Å². The summed E-state index contributed by atoms with van der Waals surface area (Å²) < 4.78 is 20.4. The van der Waals surface area contributed by atoms with Crippen LogP contribution in [-0.2, 0) is 11.3 Å². The molecule has 2 heterocycles. The van der Waals surface area contributed by atoms with Gasteiger partial charge in [0.2, 0.25) is 5.91 Å². The molecule has 0 atom stereocenters. The summed E-state index contributed by atoms with van der Waals surface area (Å²) in [5, 5.41) is 5.59. The normalized spacial score (nSPS) is 14.2. The first kappa shape index (κ1) is 17.2. The lowest BCUT2D eigenvalue weighted by atomic mass is 10.1. The van der Waals surface area contributed by atoms with Gasteiger partial charge in [-0.2, -0.15) is 5.10 Å². The number of nitrogens with zero attached hydrogens (tertiary/aromatic N) is 3. The number of likely N-dealkylation sites (tertiary alicyclic amines) is 1. The Bertz CT molecular complexity index is 1070. The molecule has 3 aromatic rings. The molecule has 7 heteroatoms. The Labute approximate surface area is 154 Å². The second-order valence-corrected chi connectivity index (χ2v) is 6.56. The number of carbonyl (C=O) groups excluding carboxylic acids is 1. The highest BCUT2D eigenvalue weighted by Crippen LogP contribution is 2.21. The molecule has 138 valence electrons. The summed E-state index contributed by atoms with van der Waals surface area (Å²) in [5.41, 5.74) is 0.409. The van der Waals surface area contributed by atoms with Crippen LogP contribution in [-0.4, -0.2) is 39.8 Å². The number of halogens is 1. The van der Waals surface area contributed by atoms with Gasteiger partial charge in [-0.15, -0.1) is 0 Å².